The van der Waals surface area contributed by atoms with Gasteiger partial charge in [-0.15, -0.1) is 0 Å². The van der Waals surface area contributed by atoms with E-state index in [2.05, 4.69) is 29.2 Å². The number of H-pyrrole nitrogens is 1. The Morgan fingerprint density at radius 1 is 0.571 bits per heavy atom. The summed E-state index contributed by atoms with van der Waals surface area (Å²) in [6.07, 6.45) is 0. The summed E-state index contributed by atoms with van der Waals surface area (Å²) in [6, 6.07) is 34.1. The molecule has 0 spiro atoms. The Morgan fingerprint density at radius 2 is 1.25 bits per heavy atom. The molecule has 0 bridgehead atoms. The van der Waals surface area contributed by atoms with Crippen molar-refractivity contribution in [2.75, 3.05) is 0 Å². The van der Waals surface area contributed by atoms with Gasteiger partial charge >= 0.3 is 7.12 Å². The van der Waals surface area contributed by atoms with Crippen LogP contribution in [0, 0.1) is 0 Å². The molecular formula is C24H18BNO2. The van der Waals surface area contributed by atoms with Gasteiger partial charge in [0.1, 0.15) is 11.5 Å². The predicted molar refractivity (Wildman–Crippen MR) is 115 cm³/mol. The number of benzene rings is 4. The number of nitrogens with one attached hydrogen (secondary N) is 1. The first-order valence-corrected chi connectivity index (χ1v) is 9.31. The van der Waals surface area contributed by atoms with E-state index in [0.717, 1.165) is 33.4 Å². The normalized spacial score (nSPS) is 10.9. The van der Waals surface area contributed by atoms with Crippen LogP contribution in [0.25, 0.3) is 21.8 Å². The molecule has 0 unspecified atom stereocenters. The summed E-state index contributed by atoms with van der Waals surface area (Å²) >= 11 is 0. The molecular weight excluding hydrogens is 345 g/mol. The summed E-state index contributed by atoms with van der Waals surface area (Å²) in [5.41, 5.74) is 3.02. The molecule has 5 aromatic rings. The molecule has 0 atom stereocenters. The van der Waals surface area contributed by atoms with Crippen molar-refractivity contribution in [3.05, 3.63) is 103 Å². The lowest BCUT2D eigenvalue weighted by molar-refractivity contribution is 0.441. The highest BCUT2D eigenvalue weighted by atomic mass is 16.6. The molecule has 5 rings (SSSR count). The lowest BCUT2D eigenvalue weighted by Gasteiger charge is -2.17. The third-order valence-corrected chi connectivity index (χ3v) is 4.80. The number of hydrogen-bond acceptors (Lipinski definition) is 2. The Bertz CT molecular complexity index is 1220. The molecule has 4 heteroatoms. The molecule has 0 fully saturated rings. The third kappa shape index (κ3) is 3.10. The van der Waals surface area contributed by atoms with Gasteiger partial charge in [-0.25, -0.2) is 0 Å². The van der Waals surface area contributed by atoms with E-state index in [1.54, 1.807) is 0 Å². The Hall–Kier alpha value is -3.66. The van der Waals surface area contributed by atoms with Crippen LogP contribution in [0.3, 0.4) is 0 Å². The van der Waals surface area contributed by atoms with Crippen molar-refractivity contribution in [2.24, 2.45) is 0 Å². The molecule has 0 aliphatic carbocycles. The van der Waals surface area contributed by atoms with Crippen LogP contribution >= 0.6 is 0 Å². The average Bonchev–Trinajstić information content (AvgIpc) is 3.14. The van der Waals surface area contributed by atoms with E-state index in [0.29, 0.717) is 0 Å². The molecule has 28 heavy (non-hydrogen) atoms. The van der Waals surface area contributed by atoms with E-state index in [9.17, 15) is 0 Å². The summed E-state index contributed by atoms with van der Waals surface area (Å²) in [4.78, 5) is 3.49. The number of fused-ring (bicyclic) bond motifs is 3. The van der Waals surface area contributed by atoms with Gasteiger partial charge in [0.25, 0.3) is 0 Å². The minimum absolute atomic E-state index is 0.555. The van der Waals surface area contributed by atoms with E-state index in [1.165, 1.54) is 5.39 Å². The van der Waals surface area contributed by atoms with Crippen molar-refractivity contribution < 1.29 is 9.31 Å². The standard InChI is InChI=1S/C24H18BNO2/c1-3-10-18(11-4-1)25(27-19-12-5-2-6-13-19)28-23-17-9-15-21-20-14-7-8-16-22(20)26-24(21)23/h1-17,26H. The highest BCUT2D eigenvalue weighted by molar-refractivity contribution is 6.62. The summed E-state index contributed by atoms with van der Waals surface area (Å²) in [5.74, 6) is 1.53. The first kappa shape index (κ1) is 16.5. The van der Waals surface area contributed by atoms with E-state index in [-0.39, 0.29) is 0 Å². The van der Waals surface area contributed by atoms with Crippen molar-refractivity contribution in [3.8, 4) is 11.5 Å². The molecule has 1 aromatic heterocycles. The smallest absolute Gasteiger partial charge is 0.522 e. The highest BCUT2D eigenvalue weighted by Gasteiger charge is 2.27. The Balaban J connectivity index is 1.57. The van der Waals surface area contributed by atoms with Gasteiger partial charge < -0.3 is 14.3 Å². The molecule has 1 N–H and O–H groups in total. The van der Waals surface area contributed by atoms with Crippen LogP contribution in [0.1, 0.15) is 0 Å². The van der Waals surface area contributed by atoms with Crippen molar-refractivity contribution in [1.29, 1.82) is 0 Å². The summed E-state index contributed by atoms with van der Waals surface area (Å²) < 4.78 is 12.6. The molecule has 0 saturated heterocycles. The van der Waals surface area contributed by atoms with Gasteiger partial charge in [0.05, 0.1) is 5.52 Å². The van der Waals surface area contributed by atoms with E-state index < -0.39 is 7.12 Å². The van der Waals surface area contributed by atoms with Gasteiger partial charge in [-0.05, 0) is 24.3 Å². The number of aromatic amines is 1. The second-order valence-electron chi connectivity index (χ2n) is 6.64. The van der Waals surface area contributed by atoms with Gasteiger partial charge in [0, 0.05) is 21.8 Å². The monoisotopic (exact) mass is 363 g/mol. The topological polar surface area (TPSA) is 34.2 Å². The number of hydrogen-bond donors (Lipinski definition) is 1. The van der Waals surface area contributed by atoms with Gasteiger partial charge in [-0.3, -0.25) is 0 Å². The second-order valence-corrected chi connectivity index (χ2v) is 6.64. The summed E-state index contributed by atoms with van der Waals surface area (Å²) in [7, 11) is -0.555. The Labute approximate surface area is 163 Å². The Kier molecular flexibility index (Phi) is 4.22. The van der Waals surface area contributed by atoms with E-state index >= 15 is 0 Å². The molecule has 0 amide bonds. The second kappa shape index (κ2) is 7.16. The molecule has 1 heterocycles. The van der Waals surface area contributed by atoms with Crippen molar-refractivity contribution in [1.82, 2.24) is 4.98 Å². The lowest BCUT2D eigenvalue weighted by atomic mass is 9.78. The average molecular weight is 363 g/mol. The van der Waals surface area contributed by atoms with Crippen LogP contribution in [0.4, 0.5) is 0 Å². The first-order valence-electron chi connectivity index (χ1n) is 9.31. The largest absolute Gasteiger partial charge is 0.632 e. The fourth-order valence-corrected chi connectivity index (χ4v) is 3.45. The number of aromatic nitrogens is 1. The van der Waals surface area contributed by atoms with Crippen LogP contribution in [0.5, 0.6) is 11.5 Å². The zero-order valence-corrected chi connectivity index (χ0v) is 15.2. The van der Waals surface area contributed by atoms with Crippen LogP contribution < -0.4 is 14.8 Å². The minimum atomic E-state index is -0.555. The fourth-order valence-electron chi connectivity index (χ4n) is 3.45. The zero-order chi connectivity index (χ0) is 18.8. The molecule has 0 radical (unpaired) electrons. The Morgan fingerprint density at radius 3 is 2.07 bits per heavy atom. The quantitative estimate of drug-likeness (QED) is 0.437. The molecule has 0 saturated carbocycles. The van der Waals surface area contributed by atoms with Gasteiger partial charge in [-0.2, -0.15) is 0 Å². The maximum atomic E-state index is 6.39. The molecule has 0 aliphatic heterocycles. The molecule has 4 aromatic carbocycles. The van der Waals surface area contributed by atoms with Crippen LogP contribution in [0.15, 0.2) is 103 Å². The van der Waals surface area contributed by atoms with Crippen LogP contribution in [-0.2, 0) is 0 Å². The van der Waals surface area contributed by atoms with E-state index in [1.807, 2.05) is 78.9 Å². The number of rotatable bonds is 5. The minimum Gasteiger partial charge on any atom is -0.522 e. The summed E-state index contributed by atoms with van der Waals surface area (Å²) in [5, 5.41) is 2.32. The molecule has 0 aliphatic rings. The number of para-hydroxylation sites is 3. The molecule has 3 nitrogen and oxygen atoms in total. The van der Waals surface area contributed by atoms with Crippen molar-refractivity contribution >= 4 is 34.4 Å². The highest BCUT2D eigenvalue weighted by Crippen LogP contribution is 2.31. The molecule has 134 valence electrons. The van der Waals surface area contributed by atoms with Gasteiger partial charge in [0.2, 0.25) is 0 Å². The van der Waals surface area contributed by atoms with Crippen molar-refractivity contribution in [2.45, 2.75) is 0 Å². The lowest BCUT2D eigenvalue weighted by Crippen LogP contribution is -2.42. The van der Waals surface area contributed by atoms with Crippen molar-refractivity contribution in [3.63, 3.8) is 0 Å². The van der Waals surface area contributed by atoms with Crippen LogP contribution in [-0.4, -0.2) is 12.1 Å². The SMILES string of the molecule is c1ccc(OB(Oc2cccc3c2[nH]c2ccccc23)c2ccccc2)cc1. The van der Waals surface area contributed by atoms with Gasteiger partial charge in [0.15, 0.2) is 0 Å². The fraction of sp³-hybridized carbons (Fsp3) is 0. The predicted octanol–water partition coefficient (Wildman–Crippen LogP) is 5.17. The summed E-state index contributed by atoms with van der Waals surface area (Å²) in [6.45, 7) is 0. The zero-order valence-electron chi connectivity index (χ0n) is 15.2. The van der Waals surface area contributed by atoms with E-state index in [4.69, 9.17) is 9.31 Å². The third-order valence-electron chi connectivity index (χ3n) is 4.80. The van der Waals surface area contributed by atoms with Gasteiger partial charge in [-0.1, -0.05) is 78.9 Å². The first-order chi connectivity index (χ1) is 13.9. The maximum absolute atomic E-state index is 6.39. The van der Waals surface area contributed by atoms with Crippen LogP contribution in [0.2, 0.25) is 0 Å². The maximum Gasteiger partial charge on any atom is 0.632 e.